The van der Waals surface area contributed by atoms with Gasteiger partial charge < -0.3 is 19.7 Å². The van der Waals surface area contributed by atoms with Crippen molar-refractivity contribution in [1.29, 1.82) is 0 Å². The van der Waals surface area contributed by atoms with Gasteiger partial charge in [0, 0.05) is 50.2 Å². The van der Waals surface area contributed by atoms with Crippen LogP contribution in [0.2, 0.25) is 0 Å². The minimum absolute atomic E-state index is 0.0239. The van der Waals surface area contributed by atoms with E-state index in [9.17, 15) is 4.79 Å². The summed E-state index contributed by atoms with van der Waals surface area (Å²) in [5, 5.41) is 3.21. The van der Waals surface area contributed by atoms with Crippen LogP contribution in [-0.4, -0.2) is 62.4 Å². The van der Waals surface area contributed by atoms with Gasteiger partial charge in [-0.2, -0.15) is 0 Å². The molecule has 2 bridgehead atoms. The zero-order valence-electron chi connectivity index (χ0n) is 19.3. The second-order valence-corrected chi connectivity index (χ2v) is 10.3. The minimum atomic E-state index is 0.0239. The molecule has 0 spiro atoms. The summed E-state index contributed by atoms with van der Waals surface area (Å²) in [6.07, 6.45) is 5.16. The third-order valence-electron chi connectivity index (χ3n) is 8.32. The Bertz CT molecular complexity index is 960. The highest BCUT2D eigenvalue weighted by Gasteiger charge is 2.53. The van der Waals surface area contributed by atoms with E-state index in [1.165, 1.54) is 28.7 Å². The summed E-state index contributed by atoms with van der Waals surface area (Å²) in [6.45, 7) is 4.78. The predicted octanol–water partition coefficient (Wildman–Crippen LogP) is 3.60. The lowest BCUT2D eigenvalue weighted by Gasteiger charge is -2.40. The molecule has 0 radical (unpaired) electrons. The molecule has 4 aliphatic rings. The molecule has 6 rings (SSSR count). The van der Waals surface area contributed by atoms with Crippen molar-refractivity contribution in [2.75, 3.05) is 39.5 Å². The number of likely N-dealkylation sites (tertiary alicyclic amines) is 1. The van der Waals surface area contributed by atoms with Gasteiger partial charge >= 0.3 is 0 Å². The van der Waals surface area contributed by atoms with Crippen LogP contribution in [0.25, 0.3) is 0 Å². The van der Waals surface area contributed by atoms with E-state index in [4.69, 9.17) is 9.47 Å². The molecule has 33 heavy (non-hydrogen) atoms. The van der Waals surface area contributed by atoms with E-state index in [1.807, 2.05) is 0 Å². The summed E-state index contributed by atoms with van der Waals surface area (Å²) in [6, 6.07) is 18.4. The van der Waals surface area contributed by atoms with Crippen LogP contribution >= 0.6 is 0 Å². The van der Waals surface area contributed by atoms with Gasteiger partial charge in [0.25, 0.3) is 0 Å². The second kappa shape index (κ2) is 8.86. The normalized spacial score (nSPS) is 27.3. The van der Waals surface area contributed by atoms with E-state index in [2.05, 4.69) is 58.7 Å². The van der Waals surface area contributed by atoms with Crippen LogP contribution in [0.5, 0.6) is 0 Å². The Morgan fingerprint density at radius 1 is 0.970 bits per heavy atom. The molecular formula is C28H34N2O3. The number of piperidine rings is 1. The molecule has 2 aliphatic carbocycles. The smallest absolute Gasteiger partial charge is 0.246 e. The molecule has 2 saturated heterocycles. The summed E-state index contributed by atoms with van der Waals surface area (Å²) in [4.78, 5) is 15.0. The number of carbonyl (C=O) groups excluding carboxylic acids is 1. The first-order chi connectivity index (χ1) is 16.2. The minimum Gasteiger partial charge on any atom is -0.381 e. The van der Waals surface area contributed by atoms with Crippen molar-refractivity contribution in [2.24, 2.45) is 0 Å². The van der Waals surface area contributed by atoms with Crippen molar-refractivity contribution in [3.63, 3.8) is 0 Å². The van der Waals surface area contributed by atoms with Crippen molar-refractivity contribution in [3.8, 4) is 0 Å². The largest absolute Gasteiger partial charge is 0.381 e. The number of amides is 1. The molecule has 0 atom stereocenters. The lowest BCUT2D eigenvalue weighted by molar-refractivity contribution is -0.130. The molecule has 0 saturated carbocycles. The highest BCUT2D eigenvalue weighted by molar-refractivity contribution is 5.77. The predicted molar refractivity (Wildman–Crippen MR) is 128 cm³/mol. The van der Waals surface area contributed by atoms with E-state index in [0.29, 0.717) is 5.92 Å². The molecule has 5 heteroatoms. The van der Waals surface area contributed by atoms with Gasteiger partial charge in [-0.3, -0.25) is 4.79 Å². The molecule has 5 nitrogen and oxygen atoms in total. The van der Waals surface area contributed by atoms with Crippen molar-refractivity contribution in [1.82, 2.24) is 10.2 Å². The van der Waals surface area contributed by atoms with Crippen LogP contribution in [0, 0.1) is 0 Å². The van der Waals surface area contributed by atoms with E-state index in [-0.39, 0.29) is 30.1 Å². The van der Waals surface area contributed by atoms with Gasteiger partial charge in [0.15, 0.2) is 0 Å². The Labute approximate surface area is 196 Å². The van der Waals surface area contributed by atoms with Crippen LogP contribution < -0.4 is 5.32 Å². The van der Waals surface area contributed by atoms with Crippen LogP contribution in [0.4, 0.5) is 0 Å². The molecule has 2 aromatic rings. The van der Waals surface area contributed by atoms with Gasteiger partial charge in [-0.1, -0.05) is 48.5 Å². The molecule has 2 fully saturated rings. The van der Waals surface area contributed by atoms with Gasteiger partial charge in [0.05, 0.1) is 6.10 Å². The number of hydrogen-bond donors (Lipinski definition) is 1. The van der Waals surface area contributed by atoms with Crippen molar-refractivity contribution < 1.29 is 14.3 Å². The molecule has 2 heterocycles. The molecular weight excluding hydrogens is 412 g/mol. The van der Waals surface area contributed by atoms with Crippen molar-refractivity contribution >= 4 is 5.91 Å². The number of nitrogens with zero attached hydrogens (tertiary/aromatic N) is 1. The quantitative estimate of drug-likeness (QED) is 0.737. The fourth-order valence-corrected chi connectivity index (χ4v) is 6.73. The Balaban J connectivity index is 1.07. The molecule has 174 valence electrons. The third kappa shape index (κ3) is 3.90. The van der Waals surface area contributed by atoms with Crippen LogP contribution in [-0.2, 0) is 19.7 Å². The molecule has 0 aromatic heterocycles. The van der Waals surface area contributed by atoms with Gasteiger partial charge in [0.2, 0.25) is 5.91 Å². The molecule has 1 amide bonds. The topological polar surface area (TPSA) is 50.8 Å². The number of ether oxygens (including phenoxy) is 2. The highest BCUT2D eigenvalue weighted by Crippen LogP contribution is 2.60. The Morgan fingerprint density at radius 2 is 1.61 bits per heavy atom. The lowest BCUT2D eigenvalue weighted by atomic mass is 9.74. The Morgan fingerprint density at radius 3 is 2.27 bits per heavy atom. The fourth-order valence-electron chi connectivity index (χ4n) is 6.73. The van der Waals surface area contributed by atoms with Gasteiger partial charge in [0.1, 0.15) is 6.61 Å². The maximum absolute atomic E-state index is 12.4. The number of nitrogens with one attached hydrogen (secondary N) is 1. The Hall–Kier alpha value is -2.21. The summed E-state index contributed by atoms with van der Waals surface area (Å²) in [5.41, 5.74) is 6.25. The van der Waals surface area contributed by atoms with E-state index < -0.39 is 0 Å². The molecule has 2 aromatic carbocycles. The summed E-state index contributed by atoms with van der Waals surface area (Å²) < 4.78 is 11.1. The van der Waals surface area contributed by atoms with Gasteiger partial charge in [-0.05, 0) is 54.4 Å². The zero-order valence-corrected chi connectivity index (χ0v) is 19.3. The Kier molecular flexibility index (Phi) is 5.73. The number of fused-ring (bicyclic) bond motifs is 8. The van der Waals surface area contributed by atoms with E-state index in [1.54, 1.807) is 0 Å². The number of rotatable bonds is 6. The monoisotopic (exact) mass is 446 g/mol. The number of hydrogen-bond acceptors (Lipinski definition) is 4. The van der Waals surface area contributed by atoms with Crippen molar-refractivity contribution in [2.45, 2.75) is 55.6 Å². The number of benzene rings is 2. The van der Waals surface area contributed by atoms with Gasteiger partial charge in [-0.25, -0.2) is 0 Å². The number of carbonyl (C=O) groups is 1. The first kappa shape index (κ1) is 21.3. The van der Waals surface area contributed by atoms with Crippen molar-refractivity contribution in [3.05, 3.63) is 70.8 Å². The third-order valence-corrected chi connectivity index (χ3v) is 8.32. The standard InChI is InChI=1S/C28H34N2O3/c31-27(18-33-21-11-15-32-16-12-21)29-20-9-13-30(14-10-20)19-28-17-24(22-5-1-3-7-25(22)28)23-6-2-4-8-26(23)28/h1-8,20-21,24H,9-19H2,(H,29,31). The van der Waals surface area contributed by atoms with E-state index >= 15 is 0 Å². The zero-order chi connectivity index (χ0) is 22.3. The summed E-state index contributed by atoms with van der Waals surface area (Å²) in [5.74, 6) is 0.570. The lowest BCUT2D eigenvalue weighted by Crippen LogP contribution is -2.49. The first-order valence-corrected chi connectivity index (χ1v) is 12.6. The summed E-state index contributed by atoms with van der Waals surface area (Å²) in [7, 11) is 0. The maximum atomic E-state index is 12.4. The molecule has 2 aliphatic heterocycles. The maximum Gasteiger partial charge on any atom is 0.246 e. The van der Waals surface area contributed by atoms with E-state index in [0.717, 1.165) is 58.5 Å². The summed E-state index contributed by atoms with van der Waals surface area (Å²) >= 11 is 0. The highest BCUT2D eigenvalue weighted by atomic mass is 16.5. The van der Waals surface area contributed by atoms with Gasteiger partial charge in [-0.15, -0.1) is 0 Å². The average molecular weight is 447 g/mol. The second-order valence-electron chi connectivity index (χ2n) is 10.3. The molecule has 0 unspecified atom stereocenters. The SMILES string of the molecule is O=C(COC1CCOCC1)NC1CCN(CC23CC(c4ccccc42)c2ccccc23)CC1. The first-order valence-electron chi connectivity index (χ1n) is 12.6. The van der Waals surface area contributed by atoms with Crippen LogP contribution in [0.3, 0.4) is 0 Å². The fraction of sp³-hybridized carbons (Fsp3) is 0.536. The average Bonchev–Trinajstić information content (AvgIpc) is 3.37. The van der Waals surface area contributed by atoms with Crippen LogP contribution in [0.1, 0.15) is 60.3 Å². The molecule has 1 N–H and O–H groups in total. The van der Waals surface area contributed by atoms with Crippen LogP contribution in [0.15, 0.2) is 48.5 Å².